The molecule has 9 nitrogen and oxygen atoms in total. The predicted octanol–water partition coefficient (Wildman–Crippen LogP) is 12.5. The summed E-state index contributed by atoms with van der Waals surface area (Å²) in [4.78, 5) is 40.5. The molecule has 0 spiro atoms. The molecular formula is C57H98O9. The lowest BCUT2D eigenvalue weighted by atomic mass is 9.77. The maximum atomic E-state index is 13.7. The quantitative estimate of drug-likeness (QED) is 0.0257. The van der Waals surface area contributed by atoms with Crippen LogP contribution in [0.3, 0.4) is 0 Å². The van der Waals surface area contributed by atoms with Gasteiger partial charge in [-0.3, -0.25) is 14.4 Å². The summed E-state index contributed by atoms with van der Waals surface area (Å²) in [5, 5.41) is 66.7. The minimum Gasteiger partial charge on any atom is -0.385 e. The van der Waals surface area contributed by atoms with Crippen molar-refractivity contribution in [3.63, 3.8) is 0 Å². The first-order chi connectivity index (χ1) is 32.0. The molecule has 0 fully saturated rings. The van der Waals surface area contributed by atoms with Crippen molar-refractivity contribution in [3.05, 3.63) is 72.9 Å². The van der Waals surface area contributed by atoms with Crippen molar-refractivity contribution in [3.8, 4) is 0 Å². The predicted molar refractivity (Wildman–Crippen MR) is 274 cm³/mol. The molecule has 0 aromatic carbocycles. The Bertz CT molecular complexity index is 1290. The van der Waals surface area contributed by atoms with Crippen LogP contribution in [0.1, 0.15) is 233 Å². The molecule has 0 aromatic rings. The van der Waals surface area contributed by atoms with Crippen LogP contribution in [-0.4, -0.2) is 84.1 Å². The van der Waals surface area contributed by atoms with Crippen molar-refractivity contribution >= 4 is 17.3 Å². The molecule has 0 aromatic heterocycles. The van der Waals surface area contributed by atoms with Crippen molar-refractivity contribution in [2.45, 2.75) is 269 Å². The van der Waals surface area contributed by atoms with E-state index in [4.69, 9.17) is 0 Å². The second kappa shape index (κ2) is 44.7. The second-order valence-electron chi connectivity index (χ2n) is 18.3. The molecule has 5 atom stereocenters. The van der Waals surface area contributed by atoms with Gasteiger partial charge in [0.15, 0.2) is 35.2 Å². The van der Waals surface area contributed by atoms with Gasteiger partial charge in [-0.1, -0.05) is 190 Å². The van der Waals surface area contributed by atoms with Crippen molar-refractivity contribution < 1.29 is 45.0 Å². The molecule has 66 heavy (non-hydrogen) atoms. The lowest BCUT2D eigenvalue weighted by Crippen LogP contribution is -2.67. The molecule has 0 aliphatic heterocycles. The van der Waals surface area contributed by atoms with Gasteiger partial charge < -0.3 is 30.6 Å². The van der Waals surface area contributed by atoms with E-state index in [1.54, 1.807) is 0 Å². The summed E-state index contributed by atoms with van der Waals surface area (Å²) in [6, 6.07) is 0. The first-order valence-corrected chi connectivity index (χ1v) is 26.6. The molecule has 0 radical (unpaired) electrons. The molecule has 5 unspecified atom stereocenters. The zero-order chi connectivity index (χ0) is 48.9. The smallest absolute Gasteiger partial charge is 0.199 e. The van der Waals surface area contributed by atoms with Crippen LogP contribution in [0.15, 0.2) is 72.9 Å². The lowest BCUT2D eigenvalue weighted by Gasteiger charge is -2.36. The largest absolute Gasteiger partial charge is 0.385 e. The van der Waals surface area contributed by atoms with Crippen LogP contribution < -0.4 is 0 Å². The number of hydrogen-bond donors (Lipinski definition) is 6. The number of aliphatic hydroxyl groups excluding tert-OH is 5. The standard InChI is InChI=1S/C57H98O9/c1-4-7-10-13-16-19-22-25-28-31-34-37-40-43-46-49(58)52(61)55(64)57(66,54(63)51(60)48-45-42-39-36-33-30-27-24-21-18-15-12-9-6-3)56(65)53(62)50(59)47-44-41-38-35-32-29-26-23-20-17-14-11-8-5-2/h16-21,25-30,49-51,55-56,58-60,64-66H,4-15,22-24,31-48H2,1-3H3/b19-16+,20-17+,21-18+,28-25+,29-26+,30-27+. The summed E-state index contributed by atoms with van der Waals surface area (Å²) in [6.07, 6.45) is 43.2. The van der Waals surface area contributed by atoms with Gasteiger partial charge in [-0.05, 0) is 116 Å². The van der Waals surface area contributed by atoms with Crippen molar-refractivity contribution in [2.75, 3.05) is 0 Å². The molecule has 6 N–H and O–H groups in total. The highest BCUT2D eigenvalue weighted by molar-refractivity contribution is 6.04. The third-order valence-corrected chi connectivity index (χ3v) is 12.3. The summed E-state index contributed by atoms with van der Waals surface area (Å²) < 4.78 is 0. The van der Waals surface area contributed by atoms with E-state index >= 15 is 0 Å². The van der Waals surface area contributed by atoms with Crippen LogP contribution in [0.2, 0.25) is 0 Å². The summed E-state index contributed by atoms with van der Waals surface area (Å²) >= 11 is 0. The van der Waals surface area contributed by atoms with E-state index in [0.29, 0.717) is 38.5 Å². The first kappa shape index (κ1) is 63.2. The topological polar surface area (TPSA) is 173 Å². The van der Waals surface area contributed by atoms with E-state index in [0.717, 1.165) is 96.3 Å². The minimum atomic E-state index is -3.47. The number of Topliss-reactive ketones (excluding diaryl/α,β-unsaturated/α-hetero) is 3. The summed E-state index contributed by atoms with van der Waals surface area (Å²) in [5.74, 6) is -4.15. The Balaban J connectivity index is 5.29. The number of rotatable bonds is 47. The molecule has 380 valence electrons. The fourth-order valence-electron chi connectivity index (χ4n) is 7.82. The zero-order valence-corrected chi connectivity index (χ0v) is 42.1. The van der Waals surface area contributed by atoms with Gasteiger partial charge in [-0.15, -0.1) is 0 Å². The molecule has 0 saturated carbocycles. The zero-order valence-electron chi connectivity index (χ0n) is 42.1. The van der Waals surface area contributed by atoms with E-state index < -0.39 is 53.5 Å². The van der Waals surface area contributed by atoms with Gasteiger partial charge in [-0.2, -0.15) is 0 Å². The Morgan fingerprint density at radius 3 is 0.864 bits per heavy atom. The first-order valence-electron chi connectivity index (χ1n) is 26.6. The van der Waals surface area contributed by atoms with Gasteiger partial charge >= 0.3 is 0 Å². The van der Waals surface area contributed by atoms with Crippen LogP contribution >= 0.6 is 0 Å². The Hall–Kier alpha value is -2.79. The number of carbonyl (C=O) groups is 3. The summed E-state index contributed by atoms with van der Waals surface area (Å²) in [7, 11) is 0. The molecule has 0 bridgehead atoms. The average molecular weight is 927 g/mol. The monoisotopic (exact) mass is 927 g/mol. The van der Waals surface area contributed by atoms with E-state index in [2.05, 4.69) is 93.7 Å². The summed E-state index contributed by atoms with van der Waals surface area (Å²) in [5.41, 5.74) is -3.47. The highest BCUT2D eigenvalue weighted by Gasteiger charge is 2.57. The van der Waals surface area contributed by atoms with E-state index in [9.17, 15) is 45.0 Å². The fourth-order valence-corrected chi connectivity index (χ4v) is 7.82. The lowest BCUT2D eigenvalue weighted by molar-refractivity contribution is -0.191. The molecule has 0 rings (SSSR count). The highest BCUT2D eigenvalue weighted by atomic mass is 16.4. The summed E-state index contributed by atoms with van der Waals surface area (Å²) in [6.45, 7) is 6.58. The Labute approximate surface area is 402 Å². The Morgan fingerprint density at radius 1 is 0.348 bits per heavy atom. The maximum Gasteiger partial charge on any atom is 0.199 e. The molecule has 0 aliphatic carbocycles. The number of aliphatic hydroxyl groups is 6. The number of allylic oxidation sites excluding steroid dienone is 12. The van der Waals surface area contributed by atoms with Gasteiger partial charge in [0.05, 0.1) is 0 Å². The van der Waals surface area contributed by atoms with Gasteiger partial charge in [0.25, 0.3) is 0 Å². The maximum absolute atomic E-state index is 13.7. The molecular weight excluding hydrogens is 829 g/mol. The normalized spacial score (nSPS) is 15.8. The molecule has 0 saturated heterocycles. The third kappa shape index (κ3) is 32.0. The van der Waals surface area contributed by atoms with Crippen molar-refractivity contribution in [1.29, 1.82) is 0 Å². The van der Waals surface area contributed by atoms with Crippen molar-refractivity contribution in [2.24, 2.45) is 0 Å². The third-order valence-electron chi connectivity index (χ3n) is 12.3. The van der Waals surface area contributed by atoms with Gasteiger partial charge in [0.2, 0.25) is 0 Å². The molecule has 0 amide bonds. The molecule has 0 aliphatic rings. The number of carbonyl (C=O) groups excluding carboxylic acids is 3. The number of unbranched alkanes of at least 4 members (excludes halogenated alkanes) is 21. The second-order valence-corrected chi connectivity index (χ2v) is 18.3. The Morgan fingerprint density at radius 2 is 0.591 bits per heavy atom. The van der Waals surface area contributed by atoms with Gasteiger partial charge in [0, 0.05) is 0 Å². The molecule has 0 heterocycles. The Kier molecular flexibility index (Phi) is 42.8. The van der Waals surface area contributed by atoms with Crippen molar-refractivity contribution in [1.82, 2.24) is 0 Å². The van der Waals surface area contributed by atoms with Crippen LogP contribution in [0.25, 0.3) is 0 Å². The van der Waals surface area contributed by atoms with Crippen LogP contribution in [0.4, 0.5) is 0 Å². The number of hydrogen-bond acceptors (Lipinski definition) is 9. The van der Waals surface area contributed by atoms with Gasteiger partial charge in [-0.25, -0.2) is 0 Å². The van der Waals surface area contributed by atoms with E-state index in [-0.39, 0.29) is 19.3 Å². The van der Waals surface area contributed by atoms with Crippen LogP contribution in [-0.2, 0) is 14.4 Å². The van der Waals surface area contributed by atoms with Crippen LogP contribution in [0, 0.1) is 0 Å². The fraction of sp³-hybridized carbons (Fsp3) is 0.737. The number of ketones is 3. The van der Waals surface area contributed by atoms with Gasteiger partial charge in [0.1, 0.15) is 18.3 Å². The highest BCUT2D eigenvalue weighted by Crippen LogP contribution is 2.27. The minimum absolute atomic E-state index is 0.0645. The van der Waals surface area contributed by atoms with Crippen LogP contribution in [0.5, 0.6) is 0 Å². The SMILES string of the molecule is CCCCC/C=C/C/C=C/CCCCCCC(O)C(=O)C(O)C(O)(C(=O)C(O)CCCCCC/C=C/C/C=C/CCCCC)C(O)C(=O)C(O)CCCCCC/C=C/C/C=C/CCCCC. The average Bonchev–Trinajstić information content (AvgIpc) is 3.32. The molecule has 9 heteroatoms. The van der Waals surface area contributed by atoms with E-state index in [1.807, 2.05) is 0 Å². The van der Waals surface area contributed by atoms with E-state index in [1.165, 1.54) is 57.8 Å².